The highest BCUT2D eigenvalue weighted by atomic mass is 16.4. The van der Waals surface area contributed by atoms with Gasteiger partial charge >= 0.3 is 5.97 Å². The van der Waals surface area contributed by atoms with Gasteiger partial charge in [0.25, 0.3) is 5.91 Å². The van der Waals surface area contributed by atoms with Crippen molar-refractivity contribution in [1.29, 1.82) is 0 Å². The Hall–Kier alpha value is -5.47. The molecular formula is C34H40N8O7. The van der Waals surface area contributed by atoms with Crippen molar-refractivity contribution in [1.82, 2.24) is 35.7 Å². The third-order valence-electron chi connectivity index (χ3n) is 8.38. The molecule has 15 heteroatoms. The average Bonchev–Trinajstić information content (AvgIpc) is 3.73. The highest BCUT2D eigenvalue weighted by Crippen LogP contribution is 2.29. The van der Waals surface area contributed by atoms with E-state index < -0.39 is 17.8 Å². The van der Waals surface area contributed by atoms with Gasteiger partial charge in [-0.2, -0.15) is 5.10 Å². The van der Waals surface area contributed by atoms with Crippen molar-refractivity contribution in [2.45, 2.75) is 77.3 Å². The second-order valence-electron chi connectivity index (χ2n) is 12.1. The lowest BCUT2D eigenvalue weighted by Gasteiger charge is -2.28. The molecule has 0 bridgehead atoms. The van der Waals surface area contributed by atoms with E-state index in [-0.39, 0.29) is 49.4 Å². The zero-order valence-electron chi connectivity index (χ0n) is 27.4. The van der Waals surface area contributed by atoms with Gasteiger partial charge in [0, 0.05) is 58.3 Å². The van der Waals surface area contributed by atoms with Gasteiger partial charge in [0.05, 0.1) is 25.1 Å². The number of hydrogen-bond donors (Lipinski definition) is 3. The number of nitrogens with zero attached hydrogens (tertiary/aromatic N) is 6. The molecule has 2 aliphatic rings. The predicted octanol–water partition coefficient (Wildman–Crippen LogP) is 2.24. The first-order valence-electron chi connectivity index (χ1n) is 16.4. The summed E-state index contributed by atoms with van der Waals surface area (Å²) in [5.74, 6) is -2.12. The molecule has 2 aromatic heterocycles. The predicted molar refractivity (Wildman–Crippen MR) is 175 cm³/mol. The first kappa shape index (κ1) is 34.9. The summed E-state index contributed by atoms with van der Waals surface area (Å²) < 4.78 is 5.65. The van der Waals surface area contributed by atoms with Crippen LogP contribution in [0.2, 0.25) is 0 Å². The molecule has 0 spiro atoms. The second-order valence-corrected chi connectivity index (χ2v) is 12.1. The number of aromatic nitrogens is 3. The van der Waals surface area contributed by atoms with Crippen molar-refractivity contribution in [2.24, 2.45) is 5.10 Å². The zero-order valence-corrected chi connectivity index (χ0v) is 27.4. The highest BCUT2D eigenvalue weighted by molar-refractivity contribution is 6.06. The molecule has 0 radical (unpaired) electrons. The molecule has 4 amide bonds. The molecule has 0 saturated carbocycles. The van der Waals surface area contributed by atoms with Gasteiger partial charge in [-0.15, -0.1) is 10.2 Å². The van der Waals surface area contributed by atoms with E-state index in [1.165, 1.54) is 5.01 Å². The molecule has 0 fully saturated rings. The molecule has 1 unspecified atom stereocenters. The second kappa shape index (κ2) is 16.6. The third-order valence-corrected chi connectivity index (χ3v) is 8.38. The molecule has 1 aromatic carbocycles. The first-order chi connectivity index (χ1) is 23.7. The van der Waals surface area contributed by atoms with Crippen LogP contribution in [0.5, 0.6) is 0 Å². The number of amides is 4. The molecule has 3 N–H and O–H groups in total. The monoisotopic (exact) mass is 672 g/mol. The minimum atomic E-state index is -1.07. The number of pyridine rings is 1. The van der Waals surface area contributed by atoms with Gasteiger partial charge in [0.1, 0.15) is 5.92 Å². The van der Waals surface area contributed by atoms with Crippen molar-refractivity contribution in [3.05, 3.63) is 76.8 Å². The maximum absolute atomic E-state index is 13.5. The number of carboxylic acid groups (broad SMARTS) is 1. The zero-order chi connectivity index (χ0) is 34.8. The van der Waals surface area contributed by atoms with Crippen LogP contribution in [-0.4, -0.2) is 85.1 Å². The van der Waals surface area contributed by atoms with Crippen LogP contribution in [-0.2, 0) is 43.5 Å². The van der Waals surface area contributed by atoms with Crippen LogP contribution < -0.4 is 10.6 Å². The van der Waals surface area contributed by atoms with Gasteiger partial charge in [-0.05, 0) is 41.2 Å². The average molecular weight is 673 g/mol. The quantitative estimate of drug-likeness (QED) is 0.190. The molecular weight excluding hydrogens is 632 g/mol. The number of nitrogens with one attached hydrogen (secondary N) is 2. The summed E-state index contributed by atoms with van der Waals surface area (Å²) in [4.78, 5) is 66.5. The summed E-state index contributed by atoms with van der Waals surface area (Å²) in [6.07, 6.45) is 6.66. The van der Waals surface area contributed by atoms with Crippen molar-refractivity contribution in [3.8, 4) is 0 Å². The molecule has 4 heterocycles. The molecule has 0 aliphatic carbocycles. The molecule has 2 aliphatic heterocycles. The molecule has 1 atom stereocenters. The Morgan fingerprint density at radius 1 is 0.939 bits per heavy atom. The van der Waals surface area contributed by atoms with Crippen LogP contribution in [0.1, 0.15) is 84.9 Å². The lowest BCUT2D eigenvalue weighted by molar-refractivity contribution is -0.139. The normalized spacial score (nSPS) is 15.5. The van der Waals surface area contributed by atoms with Gasteiger partial charge in [-0.1, -0.05) is 37.1 Å². The summed E-state index contributed by atoms with van der Waals surface area (Å²) >= 11 is 0. The van der Waals surface area contributed by atoms with E-state index in [4.69, 9.17) is 14.6 Å². The Bertz CT molecular complexity index is 1680. The number of fused-ring (bicyclic) bond motifs is 1. The minimum Gasteiger partial charge on any atom is -0.481 e. The Balaban J connectivity index is 1.11. The maximum Gasteiger partial charge on any atom is 0.303 e. The summed E-state index contributed by atoms with van der Waals surface area (Å²) in [5, 5.41) is 28.0. The number of unbranched alkanes of at least 4 members (excludes halogenated alkanes) is 3. The number of rotatable bonds is 16. The van der Waals surface area contributed by atoms with E-state index >= 15 is 0 Å². The van der Waals surface area contributed by atoms with Gasteiger partial charge in [-0.3, -0.25) is 29.0 Å². The Labute approximate surface area is 283 Å². The van der Waals surface area contributed by atoms with Crippen LogP contribution in [0.25, 0.3) is 0 Å². The van der Waals surface area contributed by atoms with E-state index in [9.17, 15) is 24.0 Å². The Morgan fingerprint density at radius 2 is 1.71 bits per heavy atom. The van der Waals surface area contributed by atoms with Crippen LogP contribution in [0.4, 0.5) is 0 Å². The molecule has 5 rings (SSSR count). The fourth-order valence-corrected chi connectivity index (χ4v) is 5.69. The van der Waals surface area contributed by atoms with Crippen LogP contribution in [0.3, 0.4) is 0 Å². The smallest absolute Gasteiger partial charge is 0.303 e. The molecule has 258 valence electrons. The molecule has 3 aromatic rings. The van der Waals surface area contributed by atoms with Gasteiger partial charge in [0.15, 0.2) is 0 Å². The van der Waals surface area contributed by atoms with Gasteiger partial charge < -0.3 is 25.1 Å². The number of aryl methyl sites for hydroxylation is 1. The number of hydrazone groups is 1. The Morgan fingerprint density at radius 3 is 2.45 bits per heavy atom. The van der Waals surface area contributed by atoms with Crippen molar-refractivity contribution in [2.75, 3.05) is 19.6 Å². The SMILES string of the molecule is Cc1nnc(C2CC(c3ccc(CC(=O)N4Cc5ccncc5C4)cc3)=NN(CCCCCCNC(=O)CNC(=O)CCC(=O)O)C2=O)o1. The maximum atomic E-state index is 13.5. The van der Waals surface area contributed by atoms with E-state index in [1.54, 1.807) is 13.1 Å². The standard InChI is InChI=1S/C34H40N8O7/c1-22-38-39-33(49-22)27-17-28(24-8-6-23(7-9-24)16-31(45)41-20-25-12-14-35-18-26(25)21-41)40-42(34(27)48)15-5-3-2-4-13-36-30(44)19-37-29(43)10-11-32(46)47/h6-9,12,14,18,27H,2-5,10-11,13,15-17,19-21H2,1H3,(H,36,44)(H,37,43)(H,46,47). The van der Waals surface area contributed by atoms with Crippen LogP contribution in [0.15, 0.2) is 52.2 Å². The minimum absolute atomic E-state index is 0.0448. The fourth-order valence-electron chi connectivity index (χ4n) is 5.69. The summed E-state index contributed by atoms with van der Waals surface area (Å²) in [7, 11) is 0. The topological polar surface area (TPSA) is 200 Å². The highest BCUT2D eigenvalue weighted by Gasteiger charge is 2.36. The molecule has 49 heavy (non-hydrogen) atoms. The van der Waals surface area contributed by atoms with E-state index in [0.717, 1.165) is 35.1 Å². The largest absolute Gasteiger partial charge is 0.481 e. The number of aliphatic carboxylic acids is 1. The number of carbonyl (C=O) groups is 5. The first-order valence-corrected chi connectivity index (χ1v) is 16.4. The summed E-state index contributed by atoms with van der Waals surface area (Å²) in [5.41, 5.74) is 4.63. The lowest BCUT2D eigenvalue weighted by Crippen LogP contribution is -2.38. The van der Waals surface area contributed by atoms with Gasteiger partial charge in [-0.25, -0.2) is 5.01 Å². The molecule has 15 nitrogen and oxygen atoms in total. The van der Waals surface area contributed by atoms with Gasteiger partial charge in [0.2, 0.25) is 29.5 Å². The lowest BCUT2D eigenvalue weighted by atomic mass is 9.94. The van der Waals surface area contributed by atoms with Crippen molar-refractivity contribution < 1.29 is 33.5 Å². The number of benzene rings is 1. The summed E-state index contributed by atoms with van der Waals surface area (Å²) in [6.45, 7) is 3.44. The van der Waals surface area contributed by atoms with E-state index in [0.29, 0.717) is 57.0 Å². The number of carboxylic acids is 1. The van der Waals surface area contributed by atoms with Crippen LogP contribution in [0, 0.1) is 6.92 Å². The fraction of sp³-hybridized carbons (Fsp3) is 0.441. The number of hydrogen-bond acceptors (Lipinski definition) is 10. The molecule has 0 saturated heterocycles. The Kier molecular flexibility index (Phi) is 11.8. The number of carbonyl (C=O) groups excluding carboxylic acids is 4. The summed E-state index contributed by atoms with van der Waals surface area (Å²) in [6, 6.07) is 9.62. The van der Waals surface area contributed by atoms with Crippen LogP contribution >= 0.6 is 0 Å². The van der Waals surface area contributed by atoms with Crippen molar-refractivity contribution in [3.63, 3.8) is 0 Å². The van der Waals surface area contributed by atoms with Crippen molar-refractivity contribution >= 4 is 35.3 Å². The van der Waals surface area contributed by atoms with E-state index in [2.05, 4.69) is 25.8 Å². The third kappa shape index (κ3) is 9.78. The van der Waals surface area contributed by atoms with E-state index in [1.807, 2.05) is 41.4 Å².